The third kappa shape index (κ3) is 8.04. The quantitative estimate of drug-likeness (QED) is 0.274. The van der Waals surface area contributed by atoms with Gasteiger partial charge < -0.3 is 25.4 Å². The highest BCUT2D eigenvalue weighted by Crippen LogP contribution is 2.26. The normalized spacial score (nSPS) is 14.0. The molecule has 3 amide bonds. The Labute approximate surface area is 232 Å². The van der Waals surface area contributed by atoms with Crippen molar-refractivity contribution in [2.24, 2.45) is 5.10 Å². The molecule has 0 fully saturated rings. The topological polar surface area (TPSA) is 148 Å². The van der Waals surface area contributed by atoms with Crippen molar-refractivity contribution in [2.45, 2.75) is 58.0 Å². The van der Waals surface area contributed by atoms with Gasteiger partial charge in [0.1, 0.15) is 24.5 Å². The van der Waals surface area contributed by atoms with E-state index in [9.17, 15) is 18.8 Å². The predicted molar refractivity (Wildman–Crippen MR) is 148 cm³/mol. The lowest BCUT2D eigenvalue weighted by Crippen LogP contribution is -2.60. The SMILES string of the molecule is CCCC(CC)(NC(=O)Cc1ccc(NC(=O)Nc2ncccc2OC)c(F)c1)N1C=NN(CCCC(=O)O)C1. The molecule has 3 rings (SSSR count). The van der Waals surface area contributed by atoms with Gasteiger partial charge in [-0.25, -0.2) is 14.2 Å². The van der Waals surface area contributed by atoms with E-state index >= 15 is 0 Å². The van der Waals surface area contributed by atoms with E-state index in [-0.39, 0.29) is 30.3 Å². The summed E-state index contributed by atoms with van der Waals surface area (Å²) in [6, 6.07) is 6.78. The van der Waals surface area contributed by atoms with Gasteiger partial charge >= 0.3 is 12.0 Å². The molecule has 40 heavy (non-hydrogen) atoms. The fourth-order valence-electron chi connectivity index (χ4n) is 4.50. The summed E-state index contributed by atoms with van der Waals surface area (Å²) < 4.78 is 20.0. The van der Waals surface area contributed by atoms with Crippen molar-refractivity contribution in [3.05, 3.63) is 47.9 Å². The summed E-state index contributed by atoms with van der Waals surface area (Å²) in [7, 11) is 1.44. The fraction of sp³-hybridized carbons (Fsp3) is 0.444. The highest BCUT2D eigenvalue weighted by Gasteiger charge is 2.37. The van der Waals surface area contributed by atoms with Gasteiger partial charge in [0.05, 0.1) is 19.2 Å². The Balaban J connectivity index is 1.60. The number of hydrazone groups is 1. The maximum Gasteiger partial charge on any atom is 0.325 e. The van der Waals surface area contributed by atoms with Crippen molar-refractivity contribution < 1.29 is 28.6 Å². The maximum absolute atomic E-state index is 14.8. The molecule has 13 heteroatoms. The number of aromatic nitrogens is 1. The van der Waals surface area contributed by atoms with Crippen LogP contribution in [0.2, 0.25) is 0 Å². The number of hydrogen-bond acceptors (Lipinski definition) is 8. The molecule has 0 bridgehead atoms. The molecule has 1 aromatic heterocycles. The van der Waals surface area contributed by atoms with E-state index in [4.69, 9.17) is 9.84 Å². The van der Waals surface area contributed by atoms with E-state index in [2.05, 4.69) is 26.0 Å². The number of pyridine rings is 1. The van der Waals surface area contributed by atoms with Crippen molar-refractivity contribution in [3.8, 4) is 5.75 Å². The molecule has 2 aromatic rings. The molecule has 1 unspecified atom stereocenters. The lowest BCUT2D eigenvalue weighted by atomic mass is 9.98. The standard InChI is InChI=1S/C27H36FN7O5/c1-4-12-27(5-2,34-17-30-35(18-34)14-7-9-24(37)38)33-23(36)16-19-10-11-21(20(28)15-19)31-26(39)32-25-22(40-3)8-6-13-29-25/h6,8,10-11,13,15,17H,4-5,7,9,12,14,16,18H2,1-3H3,(H,33,36)(H,37,38)(H2,29,31,32,39). The van der Waals surface area contributed by atoms with Crippen LogP contribution in [0, 0.1) is 5.82 Å². The first-order valence-electron chi connectivity index (χ1n) is 13.1. The molecule has 1 aromatic carbocycles. The zero-order valence-corrected chi connectivity index (χ0v) is 22.9. The van der Waals surface area contributed by atoms with Gasteiger partial charge in [0.15, 0.2) is 11.6 Å². The van der Waals surface area contributed by atoms with E-state index in [1.165, 1.54) is 25.4 Å². The summed E-state index contributed by atoms with van der Waals surface area (Å²) in [4.78, 5) is 42.3. The number of nitrogens with one attached hydrogen (secondary N) is 3. The molecule has 4 N–H and O–H groups in total. The van der Waals surface area contributed by atoms with Crippen molar-refractivity contribution >= 4 is 35.8 Å². The average molecular weight is 558 g/mol. The van der Waals surface area contributed by atoms with E-state index in [1.807, 2.05) is 18.7 Å². The average Bonchev–Trinajstić information content (AvgIpc) is 3.39. The molecule has 0 saturated heterocycles. The Morgan fingerprint density at radius 2 is 2.00 bits per heavy atom. The van der Waals surface area contributed by atoms with Gasteiger partial charge in [-0.3, -0.25) is 19.9 Å². The number of carbonyl (C=O) groups excluding carboxylic acids is 2. The zero-order chi connectivity index (χ0) is 29.1. The number of rotatable bonds is 14. The maximum atomic E-state index is 14.8. The van der Waals surface area contributed by atoms with Crippen LogP contribution in [0.1, 0.15) is 51.5 Å². The third-order valence-corrected chi connectivity index (χ3v) is 6.52. The van der Waals surface area contributed by atoms with Crippen LogP contribution in [-0.2, 0) is 16.0 Å². The fourth-order valence-corrected chi connectivity index (χ4v) is 4.50. The van der Waals surface area contributed by atoms with Gasteiger partial charge in [-0.2, -0.15) is 5.10 Å². The number of carbonyl (C=O) groups is 3. The lowest BCUT2D eigenvalue weighted by molar-refractivity contribution is -0.137. The molecule has 0 radical (unpaired) electrons. The summed E-state index contributed by atoms with van der Waals surface area (Å²) in [6.07, 6.45) is 5.70. The molecular formula is C27H36FN7O5. The zero-order valence-electron chi connectivity index (χ0n) is 22.9. The predicted octanol–water partition coefficient (Wildman–Crippen LogP) is 3.82. The first-order valence-corrected chi connectivity index (χ1v) is 13.1. The van der Waals surface area contributed by atoms with Crippen LogP contribution in [-0.4, -0.2) is 70.2 Å². The summed E-state index contributed by atoms with van der Waals surface area (Å²) in [6.45, 7) is 4.92. The Morgan fingerprint density at radius 3 is 2.67 bits per heavy atom. The van der Waals surface area contributed by atoms with Crippen LogP contribution in [0.4, 0.5) is 20.7 Å². The molecule has 1 atom stereocenters. The Kier molecular flexibility index (Phi) is 10.6. The summed E-state index contributed by atoms with van der Waals surface area (Å²) in [5.74, 6) is -1.28. The van der Waals surface area contributed by atoms with Gasteiger partial charge in [-0.05, 0) is 49.1 Å². The van der Waals surface area contributed by atoms with E-state index in [0.717, 1.165) is 6.42 Å². The number of aliphatic carboxylic acids is 1. The molecule has 12 nitrogen and oxygen atoms in total. The number of urea groups is 1. The highest BCUT2D eigenvalue weighted by atomic mass is 19.1. The third-order valence-electron chi connectivity index (χ3n) is 6.52. The van der Waals surface area contributed by atoms with Gasteiger partial charge in [-0.1, -0.05) is 26.3 Å². The Bertz CT molecular complexity index is 1230. The van der Waals surface area contributed by atoms with Crippen molar-refractivity contribution in [1.29, 1.82) is 0 Å². The summed E-state index contributed by atoms with van der Waals surface area (Å²) in [5.41, 5.74) is -0.303. The van der Waals surface area contributed by atoms with E-state index < -0.39 is 23.5 Å². The Morgan fingerprint density at radius 1 is 1.20 bits per heavy atom. The first-order chi connectivity index (χ1) is 19.2. The molecule has 1 aliphatic heterocycles. The molecule has 0 spiro atoms. The number of carboxylic acid groups (broad SMARTS) is 1. The number of amides is 3. The molecule has 2 heterocycles. The second-order valence-electron chi connectivity index (χ2n) is 9.38. The molecule has 1 aliphatic rings. The monoisotopic (exact) mass is 557 g/mol. The van der Waals surface area contributed by atoms with Gasteiger partial charge in [-0.15, -0.1) is 0 Å². The van der Waals surface area contributed by atoms with Crippen molar-refractivity contribution in [1.82, 2.24) is 20.2 Å². The largest absolute Gasteiger partial charge is 0.493 e. The van der Waals surface area contributed by atoms with E-state index in [0.29, 0.717) is 43.8 Å². The van der Waals surface area contributed by atoms with Gasteiger partial charge in [0, 0.05) is 19.2 Å². The van der Waals surface area contributed by atoms with E-state index in [1.54, 1.807) is 29.5 Å². The smallest absolute Gasteiger partial charge is 0.325 e. The molecule has 0 saturated carbocycles. The summed E-state index contributed by atoms with van der Waals surface area (Å²) >= 11 is 0. The minimum absolute atomic E-state index is 0.0540. The second kappa shape index (κ2) is 14.1. The number of benzene rings is 1. The number of halogens is 1. The molecular weight excluding hydrogens is 521 g/mol. The summed E-state index contributed by atoms with van der Waals surface area (Å²) in [5, 5.41) is 23.1. The second-order valence-corrected chi connectivity index (χ2v) is 9.38. The number of anilines is 2. The number of ether oxygens (including phenoxy) is 1. The van der Waals surface area contributed by atoms with Crippen LogP contribution in [0.25, 0.3) is 0 Å². The number of nitrogens with zero attached hydrogens (tertiary/aromatic N) is 4. The minimum atomic E-state index is -0.852. The van der Waals surface area contributed by atoms with Crippen LogP contribution in [0.5, 0.6) is 5.75 Å². The lowest BCUT2D eigenvalue weighted by Gasteiger charge is -2.41. The van der Waals surface area contributed by atoms with Crippen LogP contribution < -0.4 is 20.7 Å². The van der Waals surface area contributed by atoms with Crippen LogP contribution in [0.3, 0.4) is 0 Å². The molecule has 0 aliphatic carbocycles. The van der Waals surface area contributed by atoms with Crippen LogP contribution >= 0.6 is 0 Å². The van der Waals surface area contributed by atoms with Crippen molar-refractivity contribution in [3.63, 3.8) is 0 Å². The minimum Gasteiger partial charge on any atom is -0.493 e. The van der Waals surface area contributed by atoms with Crippen LogP contribution in [0.15, 0.2) is 41.6 Å². The number of carboxylic acids is 1. The molecule has 216 valence electrons. The van der Waals surface area contributed by atoms with Gasteiger partial charge in [0.25, 0.3) is 0 Å². The highest BCUT2D eigenvalue weighted by molar-refractivity contribution is 6.00. The first kappa shape index (κ1) is 30.1. The van der Waals surface area contributed by atoms with Crippen molar-refractivity contribution in [2.75, 3.05) is 31.0 Å². The number of methoxy groups -OCH3 is 1. The number of hydrogen-bond donors (Lipinski definition) is 4. The van der Waals surface area contributed by atoms with Gasteiger partial charge in [0.2, 0.25) is 5.91 Å². The Hall–Kier alpha value is -4.42.